The van der Waals surface area contributed by atoms with Crippen molar-refractivity contribution < 1.29 is 4.79 Å². The van der Waals surface area contributed by atoms with E-state index < -0.39 is 5.38 Å². The van der Waals surface area contributed by atoms with Crippen molar-refractivity contribution in [2.75, 3.05) is 5.32 Å². The fourth-order valence-electron chi connectivity index (χ4n) is 1.53. The van der Waals surface area contributed by atoms with Crippen LogP contribution >= 0.6 is 11.6 Å². The molecule has 1 N–H and O–H groups in total. The molecule has 0 bridgehead atoms. The summed E-state index contributed by atoms with van der Waals surface area (Å²) in [6.45, 7) is 7.65. The van der Waals surface area contributed by atoms with Crippen molar-refractivity contribution in [2.45, 2.75) is 32.1 Å². The summed E-state index contributed by atoms with van der Waals surface area (Å²) < 4.78 is 0. The zero-order valence-electron chi connectivity index (χ0n) is 9.72. The second-order valence-electron chi connectivity index (χ2n) is 3.71. The van der Waals surface area contributed by atoms with E-state index in [4.69, 9.17) is 11.6 Å². The van der Waals surface area contributed by atoms with Crippen molar-refractivity contribution in [3.63, 3.8) is 0 Å². The van der Waals surface area contributed by atoms with Crippen LogP contribution in [-0.2, 0) is 11.2 Å². The molecule has 16 heavy (non-hydrogen) atoms. The highest BCUT2D eigenvalue weighted by Gasteiger charge is 2.15. The molecule has 0 saturated heterocycles. The molecule has 0 spiro atoms. The van der Waals surface area contributed by atoms with Crippen LogP contribution in [0.25, 0.3) is 0 Å². The summed E-state index contributed by atoms with van der Waals surface area (Å²) in [6.07, 6.45) is 1.27. The van der Waals surface area contributed by atoms with E-state index in [9.17, 15) is 4.79 Å². The standard InChI is InChI=1S/C13H17ClNO/c1-4-10-8-6-7-9(3)12(10)15-13(16)11(14)5-2/h6-8,11H,2,4-5H2,1,3H3,(H,15,16). The summed E-state index contributed by atoms with van der Waals surface area (Å²) in [6, 6.07) is 5.97. The van der Waals surface area contributed by atoms with E-state index in [1.165, 1.54) is 0 Å². The Morgan fingerprint density at radius 1 is 1.56 bits per heavy atom. The van der Waals surface area contributed by atoms with Gasteiger partial charge in [-0.3, -0.25) is 4.79 Å². The minimum atomic E-state index is -0.565. The number of halogens is 1. The van der Waals surface area contributed by atoms with Crippen LogP contribution in [-0.4, -0.2) is 11.3 Å². The molecule has 3 heteroatoms. The van der Waals surface area contributed by atoms with Gasteiger partial charge in [0.15, 0.2) is 0 Å². The van der Waals surface area contributed by atoms with E-state index in [1.807, 2.05) is 25.1 Å². The highest BCUT2D eigenvalue weighted by molar-refractivity contribution is 6.32. The molecule has 1 atom stereocenters. The first-order valence-electron chi connectivity index (χ1n) is 5.42. The molecular weight excluding hydrogens is 222 g/mol. The van der Waals surface area contributed by atoms with Crippen molar-refractivity contribution >= 4 is 23.2 Å². The van der Waals surface area contributed by atoms with Gasteiger partial charge in [-0.1, -0.05) is 32.0 Å². The molecule has 0 aliphatic carbocycles. The maximum atomic E-state index is 11.7. The first-order chi connectivity index (χ1) is 7.60. The quantitative estimate of drug-likeness (QED) is 0.801. The molecule has 1 aromatic carbocycles. The largest absolute Gasteiger partial charge is 0.324 e. The van der Waals surface area contributed by atoms with Gasteiger partial charge in [-0.05, 0) is 30.9 Å². The van der Waals surface area contributed by atoms with Crippen molar-refractivity contribution in [3.8, 4) is 0 Å². The maximum absolute atomic E-state index is 11.7. The number of carbonyl (C=O) groups excluding carboxylic acids is 1. The third kappa shape index (κ3) is 2.99. The van der Waals surface area contributed by atoms with Crippen LogP contribution < -0.4 is 5.32 Å². The number of nitrogens with one attached hydrogen (secondary N) is 1. The highest BCUT2D eigenvalue weighted by atomic mass is 35.5. The number of carbonyl (C=O) groups is 1. The zero-order chi connectivity index (χ0) is 12.1. The van der Waals surface area contributed by atoms with Crippen molar-refractivity contribution in [2.24, 2.45) is 0 Å². The van der Waals surface area contributed by atoms with Gasteiger partial charge in [0, 0.05) is 5.69 Å². The lowest BCUT2D eigenvalue weighted by Gasteiger charge is -2.14. The average molecular weight is 239 g/mol. The molecule has 1 radical (unpaired) electrons. The molecule has 0 aliphatic heterocycles. The molecule has 1 rings (SSSR count). The van der Waals surface area contributed by atoms with Gasteiger partial charge in [0.1, 0.15) is 5.38 Å². The molecular formula is C13H17ClNO. The van der Waals surface area contributed by atoms with E-state index in [1.54, 1.807) is 0 Å². The van der Waals surface area contributed by atoms with Gasteiger partial charge in [-0.2, -0.15) is 0 Å². The molecule has 0 heterocycles. The number of amides is 1. The molecule has 0 saturated carbocycles. The number of hydrogen-bond acceptors (Lipinski definition) is 1. The first kappa shape index (κ1) is 13.0. The van der Waals surface area contributed by atoms with Gasteiger partial charge in [0.05, 0.1) is 0 Å². The third-order valence-corrected chi connectivity index (χ3v) is 2.94. The number of hydrogen-bond donors (Lipinski definition) is 1. The summed E-state index contributed by atoms with van der Waals surface area (Å²) in [5.41, 5.74) is 3.07. The van der Waals surface area contributed by atoms with Crippen molar-refractivity contribution in [1.29, 1.82) is 0 Å². The number of para-hydroxylation sites is 1. The van der Waals surface area contributed by atoms with Gasteiger partial charge < -0.3 is 5.32 Å². The monoisotopic (exact) mass is 238 g/mol. The minimum absolute atomic E-state index is 0.180. The van der Waals surface area contributed by atoms with Crippen LogP contribution in [0.15, 0.2) is 18.2 Å². The highest BCUT2D eigenvalue weighted by Crippen LogP contribution is 2.21. The van der Waals surface area contributed by atoms with Crippen molar-refractivity contribution in [3.05, 3.63) is 36.2 Å². The zero-order valence-corrected chi connectivity index (χ0v) is 10.5. The summed E-state index contributed by atoms with van der Waals surface area (Å²) in [5, 5.41) is 2.30. The maximum Gasteiger partial charge on any atom is 0.242 e. The molecule has 0 aromatic heterocycles. The molecule has 1 unspecified atom stereocenters. The third-order valence-electron chi connectivity index (χ3n) is 2.53. The lowest BCUT2D eigenvalue weighted by atomic mass is 10.1. The number of benzene rings is 1. The predicted octanol–water partition coefficient (Wildman–Crippen LogP) is 3.33. The van der Waals surface area contributed by atoms with E-state index in [0.29, 0.717) is 6.42 Å². The lowest BCUT2D eigenvalue weighted by molar-refractivity contribution is -0.115. The molecule has 87 valence electrons. The van der Waals surface area contributed by atoms with E-state index >= 15 is 0 Å². The molecule has 0 aliphatic rings. The molecule has 0 fully saturated rings. The van der Waals surface area contributed by atoms with Gasteiger partial charge in [-0.25, -0.2) is 0 Å². The Morgan fingerprint density at radius 3 is 2.81 bits per heavy atom. The molecule has 1 amide bonds. The van der Waals surface area contributed by atoms with Crippen LogP contribution in [0.2, 0.25) is 0 Å². The normalized spacial score (nSPS) is 12.2. The number of anilines is 1. The Bertz CT molecular complexity index is 376. The van der Waals surface area contributed by atoms with E-state index in [-0.39, 0.29) is 5.91 Å². The Labute approximate surface area is 102 Å². The van der Waals surface area contributed by atoms with Crippen LogP contribution in [0.3, 0.4) is 0 Å². The van der Waals surface area contributed by atoms with Gasteiger partial charge in [0.25, 0.3) is 0 Å². The summed E-state index contributed by atoms with van der Waals surface area (Å²) in [4.78, 5) is 11.7. The Kier molecular flexibility index (Phi) is 4.81. The van der Waals surface area contributed by atoms with Crippen LogP contribution in [0.1, 0.15) is 24.5 Å². The Morgan fingerprint density at radius 2 is 2.25 bits per heavy atom. The van der Waals surface area contributed by atoms with Gasteiger partial charge >= 0.3 is 0 Å². The van der Waals surface area contributed by atoms with Gasteiger partial charge in [-0.15, -0.1) is 11.6 Å². The van der Waals surface area contributed by atoms with Crippen molar-refractivity contribution in [1.82, 2.24) is 0 Å². The predicted molar refractivity (Wildman–Crippen MR) is 68.8 cm³/mol. The SMILES string of the molecule is [CH2]CC(Cl)C(=O)Nc1c(C)cccc1CC. The average Bonchev–Trinajstić information content (AvgIpc) is 2.30. The summed E-state index contributed by atoms with van der Waals surface area (Å²) in [5.74, 6) is -0.180. The molecule has 2 nitrogen and oxygen atoms in total. The molecule has 1 aromatic rings. The number of rotatable bonds is 4. The van der Waals surface area contributed by atoms with Crippen LogP contribution in [0, 0.1) is 13.8 Å². The summed E-state index contributed by atoms with van der Waals surface area (Å²) in [7, 11) is 0. The number of aryl methyl sites for hydroxylation is 2. The smallest absolute Gasteiger partial charge is 0.242 e. The number of alkyl halides is 1. The lowest BCUT2D eigenvalue weighted by Crippen LogP contribution is -2.23. The minimum Gasteiger partial charge on any atom is -0.324 e. The van der Waals surface area contributed by atoms with Crippen LogP contribution in [0.4, 0.5) is 5.69 Å². The Balaban J connectivity index is 2.92. The topological polar surface area (TPSA) is 29.1 Å². The van der Waals surface area contributed by atoms with Crippen LogP contribution in [0.5, 0.6) is 0 Å². The van der Waals surface area contributed by atoms with Gasteiger partial charge in [0.2, 0.25) is 5.91 Å². The Hall–Kier alpha value is -1.02. The fraction of sp³-hybridized carbons (Fsp3) is 0.385. The first-order valence-corrected chi connectivity index (χ1v) is 5.86. The van der Waals surface area contributed by atoms with E-state index in [0.717, 1.165) is 23.2 Å². The van der Waals surface area contributed by atoms with E-state index in [2.05, 4.69) is 19.2 Å². The fourth-order valence-corrected chi connectivity index (χ4v) is 1.59. The second-order valence-corrected chi connectivity index (χ2v) is 4.23. The second kappa shape index (κ2) is 5.90. The summed E-state index contributed by atoms with van der Waals surface area (Å²) >= 11 is 5.84.